The summed E-state index contributed by atoms with van der Waals surface area (Å²) in [4.78, 5) is 16.1. The van der Waals surface area contributed by atoms with Crippen molar-refractivity contribution in [2.45, 2.75) is 25.3 Å². The Morgan fingerprint density at radius 3 is 2.92 bits per heavy atom. The lowest BCUT2D eigenvalue weighted by molar-refractivity contribution is -0.134. The lowest BCUT2D eigenvalue weighted by Gasteiger charge is -2.37. The topological polar surface area (TPSA) is 41.6 Å². The third-order valence-electron chi connectivity index (χ3n) is 4.46. The van der Waals surface area contributed by atoms with Crippen LogP contribution in [0.5, 0.6) is 5.75 Å². The van der Waals surface area contributed by atoms with E-state index in [9.17, 15) is 4.79 Å². The Hall–Kier alpha value is -1.56. The quantitative estimate of drug-likeness (QED) is 0.831. The predicted octanol–water partition coefficient (Wildman–Crippen LogP) is 3.67. The summed E-state index contributed by atoms with van der Waals surface area (Å²) in [5.41, 5.74) is 1.08. The molecule has 136 valence electrons. The van der Waals surface area contributed by atoms with Gasteiger partial charge in [-0.25, -0.2) is 0 Å². The molecule has 0 bridgehead atoms. The van der Waals surface area contributed by atoms with Gasteiger partial charge in [-0.2, -0.15) is 0 Å². The summed E-state index contributed by atoms with van der Waals surface area (Å²) < 4.78 is 5.49. The Balaban J connectivity index is 0.00000225. The summed E-state index contributed by atoms with van der Waals surface area (Å²) in [6, 6.07) is 12.2. The number of ether oxygens (including phenoxy) is 1. The molecule has 0 aliphatic carbocycles. The molecule has 6 heteroatoms. The molecular weight excluding hydrogens is 356 g/mol. The van der Waals surface area contributed by atoms with E-state index in [1.807, 2.05) is 23.1 Å². The van der Waals surface area contributed by atoms with Crippen LogP contribution < -0.4 is 10.1 Å². The maximum absolute atomic E-state index is 12.8. The Morgan fingerprint density at radius 1 is 1.32 bits per heavy atom. The van der Waals surface area contributed by atoms with Gasteiger partial charge in [-0.15, -0.1) is 23.7 Å². The molecule has 1 aliphatic rings. The van der Waals surface area contributed by atoms with Gasteiger partial charge >= 0.3 is 0 Å². The lowest BCUT2D eigenvalue weighted by atomic mass is 10.0. The van der Waals surface area contributed by atoms with Gasteiger partial charge in [-0.1, -0.05) is 24.3 Å². The van der Waals surface area contributed by atoms with Crippen LogP contribution >= 0.6 is 23.7 Å². The number of para-hydroxylation sites is 1. The van der Waals surface area contributed by atoms with Crippen molar-refractivity contribution in [3.63, 3.8) is 0 Å². The van der Waals surface area contributed by atoms with E-state index in [-0.39, 0.29) is 24.4 Å². The minimum Gasteiger partial charge on any atom is -0.496 e. The first kappa shape index (κ1) is 19.8. The van der Waals surface area contributed by atoms with Crippen molar-refractivity contribution in [2.24, 2.45) is 0 Å². The lowest BCUT2D eigenvalue weighted by Crippen LogP contribution is -2.48. The van der Waals surface area contributed by atoms with E-state index < -0.39 is 0 Å². The highest BCUT2D eigenvalue weighted by molar-refractivity contribution is 7.09. The minimum absolute atomic E-state index is 0. The fourth-order valence-corrected chi connectivity index (χ4v) is 3.99. The highest BCUT2D eigenvalue weighted by Crippen LogP contribution is 2.30. The zero-order chi connectivity index (χ0) is 16.8. The van der Waals surface area contributed by atoms with Crippen molar-refractivity contribution < 1.29 is 9.53 Å². The number of amides is 1. The fourth-order valence-electron chi connectivity index (χ4n) is 3.23. The van der Waals surface area contributed by atoms with E-state index in [0.29, 0.717) is 6.42 Å². The highest BCUT2D eigenvalue weighted by atomic mass is 35.5. The number of hydrogen-bond acceptors (Lipinski definition) is 4. The van der Waals surface area contributed by atoms with Crippen molar-refractivity contribution >= 4 is 29.7 Å². The molecule has 1 fully saturated rings. The third kappa shape index (κ3) is 4.97. The summed E-state index contributed by atoms with van der Waals surface area (Å²) in [5, 5.41) is 5.49. The van der Waals surface area contributed by atoms with Crippen molar-refractivity contribution in [1.29, 1.82) is 0 Å². The second-order valence-electron chi connectivity index (χ2n) is 5.98. The smallest absolute Gasteiger partial charge is 0.223 e. The average Bonchev–Trinajstić information content (AvgIpc) is 3.15. The molecule has 1 atom stereocenters. The minimum atomic E-state index is 0. The number of rotatable bonds is 6. The Bertz CT molecular complexity index is 663. The number of hydrogen-bond donors (Lipinski definition) is 1. The summed E-state index contributed by atoms with van der Waals surface area (Å²) >= 11 is 1.76. The Kier molecular flexibility index (Phi) is 7.75. The molecule has 1 N–H and O–H groups in total. The molecule has 0 spiro atoms. The number of nitrogens with zero attached hydrogens (tertiary/aromatic N) is 1. The number of aryl methyl sites for hydroxylation is 1. The molecule has 2 heterocycles. The van der Waals surface area contributed by atoms with Crippen molar-refractivity contribution in [1.82, 2.24) is 10.2 Å². The molecule has 4 nitrogen and oxygen atoms in total. The maximum Gasteiger partial charge on any atom is 0.223 e. The first-order chi connectivity index (χ1) is 11.8. The number of piperazine rings is 1. The van der Waals surface area contributed by atoms with Crippen LogP contribution in [0.4, 0.5) is 0 Å². The molecule has 2 aromatic rings. The number of nitrogens with one attached hydrogen (secondary N) is 1. The van der Waals surface area contributed by atoms with Gasteiger partial charge in [0.05, 0.1) is 13.2 Å². The summed E-state index contributed by atoms with van der Waals surface area (Å²) in [6.07, 6.45) is 2.49. The van der Waals surface area contributed by atoms with Crippen molar-refractivity contribution in [2.75, 3.05) is 26.7 Å². The van der Waals surface area contributed by atoms with Gasteiger partial charge in [0.2, 0.25) is 5.91 Å². The van der Waals surface area contributed by atoms with E-state index in [0.717, 1.165) is 43.8 Å². The molecule has 1 saturated heterocycles. The van der Waals surface area contributed by atoms with E-state index >= 15 is 0 Å². The zero-order valence-electron chi connectivity index (χ0n) is 14.4. The van der Waals surface area contributed by atoms with Gasteiger partial charge in [-0.3, -0.25) is 4.79 Å². The fraction of sp³-hybridized carbons (Fsp3) is 0.421. The van der Waals surface area contributed by atoms with Gasteiger partial charge in [0.15, 0.2) is 0 Å². The van der Waals surface area contributed by atoms with Crippen LogP contribution in [0.3, 0.4) is 0 Å². The highest BCUT2D eigenvalue weighted by Gasteiger charge is 2.29. The zero-order valence-corrected chi connectivity index (χ0v) is 16.1. The van der Waals surface area contributed by atoms with Crippen LogP contribution in [0.1, 0.15) is 29.3 Å². The number of thiophene rings is 1. The number of carbonyl (C=O) groups is 1. The first-order valence-corrected chi connectivity index (χ1v) is 9.33. The molecule has 1 amide bonds. The van der Waals surface area contributed by atoms with Gasteiger partial charge in [0.25, 0.3) is 0 Å². The van der Waals surface area contributed by atoms with Gasteiger partial charge in [0, 0.05) is 36.5 Å². The van der Waals surface area contributed by atoms with Gasteiger partial charge in [-0.05, 0) is 30.4 Å². The maximum atomic E-state index is 12.8. The Labute approximate surface area is 159 Å². The predicted molar refractivity (Wildman–Crippen MR) is 105 cm³/mol. The van der Waals surface area contributed by atoms with E-state index in [4.69, 9.17) is 4.74 Å². The molecule has 25 heavy (non-hydrogen) atoms. The van der Waals surface area contributed by atoms with Crippen LogP contribution in [0.25, 0.3) is 0 Å². The van der Waals surface area contributed by atoms with Crippen molar-refractivity contribution in [3.8, 4) is 5.75 Å². The molecule has 3 rings (SSSR count). The van der Waals surface area contributed by atoms with Crippen LogP contribution in [0.15, 0.2) is 41.8 Å². The molecule has 1 aliphatic heterocycles. The summed E-state index contributed by atoms with van der Waals surface area (Å²) in [5.74, 6) is 1.09. The second kappa shape index (κ2) is 9.80. The average molecular weight is 381 g/mol. The Morgan fingerprint density at radius 2 is 2.16 bits per heavy atom. The molecule has 1 unspecified atom stereocenters. The first-order valence-electron chi connectivity index (χ1n) is 8.45. The van der Waals surface area contributed by atoms with E-state index in [1.54, 1.807) is 18.4 Å². The largest absolute Gasteiger partial charge is 0.496 e. The molecule has 1 aromatic heterocycles. The van der Waals surface area contributed by atoms with Crippen LogP contribution in [0.2, 0.25) is 0 Å². The third-order valence-corrected chi connectivity index (χ3v) is 5.39. The number of benzene rings is 1. The molecule has 0 radical (unpaired) electrons. The monoisotopic (exact) mass is 380 g/mol. The number of carbonyl (C=O) groups excluding carboxylic acids is 1. The van der Waals surface area contributed by atoms with Gasteiger partial charge in [0.1, 0.15) is 5.75 Å². The second-order valence-corrected chi connectivity index (χ2v) is 7.01. The SMILES string of the molecule is COc1ccccc1C1CNCCN1C(=O)CCCc1cccs1.Cl. The van der Waals surface area contributed by atoms with Crippen molar-refractivity contribution in [3.05, 3.63) is 52.2 Å². The molecule has 1 aromatic carbocycles. The van der Waals surface area contributed by atoms with Crippen LogP contribution in [0, 0.1) is 0 Å². The number of halogens is 1. The van der Waals surface area contributed by atoms with E-state index in [2.05, 4.69) is 28.9 Å². The normalized spacial score (nSPS) is 17.0. The molecular formula is C19H25ClN2O2S. The summed E-state index contributed by atoms with van der Waals surface area (Å²) in [6.45, 7) is 2.37. The van der Waals surface area contributed by atoms with E-state index in [1.165, 1.54) is 4.88 Å². The van der Waals surface area contributed by atoms with Gasteiger partial charge < -0.3 is 15.0 Å². The summed E-state index contributed by atoms with van der Waals surface area (Å²) in [7, 11) is 1.68. The van der Waals surface area contributed by atoms with Crippen LogP contribution in [-0.4, -0.2) is 37.6 Å². The van der Waals surface area contributed by atoms with Crippen LogP contribution in [-0.2, 0) is 11.2 Å². The standard InChI is InChI=1S/C19H24N2O2S.ClH/c1-23-18-9-3-2-8-16(18)17-14-20-11-12-21(17)19(22)10-4-6-15-7-5-13-24-15;/h2-3,5,7-9,13,17,20H,4,6,10-12,14H2,1H3;1H. The number of methoxy groups -OCH3 is 1. The molecule has 0 saturated carbocycles.